The predicted molar refractivity (Wildman–Crippen MR) is 68.1 cm³/mol. The van der Waals surface area contributed by atoms with Gasteiger partial charge in [-0.25, -0.2) is 0 Å². The van der Waals surface area contributed by atoms with Crippen molar-refractivity contribution in [1.82, 2.24) is 5.01 Å². The highest BCUT2D eigenvalue weighted by atomic mass is 35.5. The van der Waals surface area contributed by atoms with Crippen LogP contribution < -0.4 is 0 Å². The van der Waals surface area contributed by atoms with Gasteiger partial charge in [0.25, 0.3) is 0 Å². The first-order valence-corrected chi connectivity index (χ1v) is 5.84. The van der Waals surface area contributed by atoms with Crippen LogP contribution in [0.15, 0.2) is 34.6 Å². The van der Waals surface area contributed by atoms with Crippen LogP contribution in [0.25, 0.3) is 0 Å². The van der Waals surface area contributed by atoms with Gasteiger partial charge in [-0.15, -0.1) is 5.11 Å². The third-order valence-electron chi connectivity index (χ3n) is 2.17. The zero-order chi connectivity index (χ0) is 12.1. The predicted octanol–water partition coefficient (Wildman–Crippen LogP) is 4.46. The van der Waals surface area contributed by atoms with Gasteiger partial charge in [-0.2, -0.15) is 0 Å². The minimum absolute atomic E-state index is 0.325. The van der Waals surface area contributed by atoms with Gasteiger partial charge in [0, 0.05) is 12.1 Å². The van der Waals surface area contributed by atoms with E-state index in [0.29, 0.717) is 22.8 Å². The van der Waals surface area contributed by atoms with Crippen LogP contribution in [0.5, 0.6) is 0 Å². The first-order valence-electron chi connectivity index (χ1n) is 5.47. The molecule has 0 aromatic heterocycles. The van der Waals surface area contributed by atoms with Gasteiger partial charge < -0.3 is 0 Å². The van der Waals surface area contributed by atoms with Crippen molar-refractivity contribution in [3.63, 3.8) is 0 Å². The molecule has 0 atom stereocenters. The molecule has 0 fully saturated rings. The van der Waals surface area contributed by atoms with Crippen LogP contribution in [0.1, 0.15) is 27.7 Å². The minimum atomic E-state index is 0.325. The number of hydrogen-bond donors (Lipinski definition) is 0. The molecule has 1 aromatic rings. The second-order valence-electron chi connectivity index (χ2n) is 4.21. The van der Waals surface area contributed by atoms with E-state index in [4.69, 9.17) is 11.6 Å². The summed E-state index contributed by atoms with van der Waals surface area (Å²) in [5.74, 6) is 0. The lowest BCUT2D eigenvalue weighted by Crippen LogP contribution is -2.31. The van der Waals surface area contributed by atoms with E-state index in [0.717, 1.165) is 0 Å². The van der Waals surface area contributed by atoms with Crippen molar-refractivity contribution in [2.45, 2.75) is 39.8 Å². The van der Waals surface area contributed by atoms with E-state index in [1.807, 2.05) is 29.3 Å². The Bertz CT molecular complexity index is 353. The normalized spacial score (nSPS) is 11.7. The van der Waals surface area contributed by atoms with Crippen LogP contribution in [-0.4, -0.2) is 17.1 Å². The standard InChI is InChI=1S/C12H18ClN3/c1-9(2)16(10(3)4)15-14-12-8-6-5-7-11(12)13/h5-10H,1-4H3. The molecule has 16 heavy (non-hydrogen) atoms. The molecule has 1 aromatic carbocycles. The van der Waals surface area contributed by atoms with Crippen molar-refractivity contribution in [2.24, 2.45) is 10.3 Å². The molecule has 0 aliphatic heterocycles. The maximum Gasteiger partial charge on any atom is 0.106 e. The average molecular weight is 240 g/mol. The van der Waals surface area contributed by atoms with E-state index < -0.39 is 0 Å². The maximum absolute atomic E-state index is 5.99. The van der Waals surface area contributed by atoms with Gasteiger partial charge in [-0.05, 0) is 39.8 Å². The molecule has 0 spiro atoms. The first-order chi connectivity index (χ1) is 7.52. The molecule has 3 nitrogen and oxygen atoms in total. The molecular weight excluding hydrogens is 222 g/mol. The van der Waals surface area contributed by atoms with Crippen molar-refractivity contribution in [2.75, 3.05) is 0 Å². The van der Waals surface area contributed by atoms with Crippen molar-refractivity contribution in [1.29, 1.82) is 0 Å². The fraction of sp³-hybridized carbons (Fsp3) is 0.500. The maximum atomic E-state index is 5.99. The lowest BCUT2D eigenvalue weighted by atomic mass is 10.3. The van der Waals surface area contributed by atoms with Gasteiger partial charge in [-0.3, -0.25) is 5.01 Å². The molecule has 0 amide bonds. The molecule has 0 aliphatic rings. The number of halogens is 1. The van der Waals surface area contributed by atoms with Crippen molar-refractivity contribution < 1.29 is 0 Å². The van der Waals surface area contributed by atoms with Gasteiger partial charge in [0.05, 0.1) is 5.02 Å². The largest absolute Gasteiger partial charge is 0.273 e. The molecule has 0 aliphatic carbocycles. The molecule has 1 rings (SSSR count). The molecule has 0 saturated heterocycles. The Morgan fingerprint density at radius 1 is 1.06 bits per heavy atom. The quantitative estimate of drug-likeness (QED) is 0.563. The van der Waals surface area contributed by atoms with Gasteiger partial charge >= 0.3 is 0 Å². The lowest BCUT2D eigenvalue weighted by Gasteiger charge is -2.25. The minimum Gasteiger partial charge on any atom is -0.273 e. The Morgan fingerprint density at radius 3 is 2.12 bits per heavy atom. The number of hydrogen-bond acceptors (Lipinski definition) is 2. The van der Waals surface area contributed by atoms with Gasteiger partial charge in [0.1, 0.15) is 5.69 Å². The molecule has 0 N–H and O–H groups in total. The fourth-order valence-corrected chi connectivity index (χ4v) is 1.61. The Balaban J connectivity index is 2.83. The lowest BCUT2D eigenvalue weighted by molar-refractivity contribution is 0.169. The molecule has 0 bridgehead atoms. The van der Waals surface area contributed by atoms with E-state index >= 15 is 0 Å². The Labute approximate surface area is 102 Å². The molecule has 0 saturated carbocycles. The van der Waals surface area contributed by atoms with E-state index in [2.05, 4.69) is 38.0 Å². The van der Waals surface area contributed by atoms with E-state index in [9.17, 15) is 0 Å². The zero-order valence-corrected chi connectivity index (χ0v) is 10.9. The zero-order valence-electron chi connectivity index (χ0n) is 10.2. The Hall–Kier alpha value is -1.09. The highest BCUT2D eigenvalue weighted by Crippen LogP contribution is 2.24. The van der Waals surface area contributed by atoms with Gasteiger partial charge in [0.15, 0.2) is 0 Å². The van der Waals surface area contributed by atoms with Gasteiger partial charge in [0.2, 0.25) is 0 Å². The summed E-state index contributed by atoms with van der Waals surface area (Å²) >= 11 is 5.99. The van der Waals surface area contributed by atoms with Crippen molar-refractivity contribution in [3.8, 4) is 0 Å². The second kappa shape index (κ2) is 5.85. The smallest absolute Gasteiger partial charge is 0.106 e. The highest BCUT2D eigenvalue weighted by Gasteiger charge is 2.10. The number of benzene rings is 1. The molecular formula is C12H18ClN3. The van der Waals surface area contributed by atoms with Crippen molar-refractivity contribution in [3.05, 3.63) is 29.3 Å². The summed E-state index contributed by atoms with van der Waals surface area (Å²) < 4.78 is 0. The van der Waals surface area contributed by atoms with Gasteiger partial charge in [-0.1, -0.05) is 29.0 Å². The van der Waals surface area contributed by atoms with E-state index in [1.54, 1.807) is 0 Å². The summed E-state index contributed by atoms with van der Waals surface area (Å²) in [6.07, 6.45) is 0. The summed E-state index contributed by atoms with van der Waals surface area (Å²) in [6, 6.07) is 8.09. The summed E-state index contributed by atoms with van der Waals surface area (Å²) in [5, 5.41) is 11.0. The topological polar surface area (TPSA) is 28.0 Å². The summed E-state index contributed by atoms with van der Waals surface area (Å²) in [4.78, 5) is 0. The molecule has 0 unspecified atom stereocenters. The Morgan fingerprint density at radius 2 is 1.62 bits per heavy atom. The Kier molecular flexibility index (Phi) is 4.74. The van der Waals surface area contributed by atoms with Crippen LogP contribution in [0, 0.1) is 0 Å². The monoisotopic (exact) mass is 239 g/mol. The van der Waals surface area contributed by atoms with Crippen LogP contribution in [0.4, 0.5) is 5.69 Å². The molecule has 88 valence electrons. The number of nitrogens with zero attached hydrogens (tertiary/aromatic N) is 3. The third-order valence-corrected chi connectivity index (χ3v) is 2.49. The SMILES string of the molecule is CC(C)N(N=Nc1ccccc1Cl)C(C)C. The summed E-state index contributed by atoms with van der Waals surface area (Å²) in [5.41, 5.74) is 0.704. The molecule has 4 heteroatoms. The van der Waals surface area contributed by atoms with E-state index in [-0.39, 0.29) is 0 Å². The van der Waals surface area contributed by atoms with Crippen LogP contribution in [-0.2, 0) is 0 Å². The summed E-state index contributed by atoms with van der Waals surface area (Å²) in [7, 11) is 0. The third kappa shape index (κ3) is 3.49. The molecule has 0 heterocycles. The molecule has 0 radical (unpaired) electrons. The van der Waals surface area contributed by atoms with Crippen molar-refractivity contribution >= 4 is 17.3 Å². The summed E-state index contributed by atoms with van der Waals surface area (Å²) in [6.45, 7) is 8.36. The van der Waals surface area contributed by atoms with Crippen LogP contribution in [0.2, 0.25) is 5.02 Å². The highest BCUT2D eigenvalue weighted by molar-refractivity contribution is 6.32. The van der Waals surface area contributed by atoms with Crippen LogP contribution >= 0.6 is 11.6 Å². The average Bonchev–Trinajstić information content (AvgIpc) is 2.20. The van der Waals surface area contributed by atoms with E-state index in [1.165, 1.54) is 0 Å². The second-order valence-corrected chi connectivity index (χ2v) is 4.62. The fourth-order valence-electron chi connectivity index (χ4n) is 1.44. The van der Waals surface area contributed by atoms with Crippen LogP contribution in [0.3, 0.4) is 0 Å². The first kappa shape index (κ1) is 13.0. The number of rotatable bonds is 4.